The molecule has 1 aromatic carbocycles. The van der Waals surface area contributed by atoms with Crippen LogP contribution < -0.4 is 0 Å². The molecule has 21 heavy (non-hydrogen) atoms. The number of nitrogens with zero attached hydrogens (tertiary/aromatic N) is 1. The predicted octanol–water partition coefficient (Wildman–Crippen LogP) is 2.32. The Labute approximate surface area is 123 Å². The van der Waals surface area contributed by atoms with Gasteiger partial charge in [0.1, 0.15) is 5.58 Å². The van der Waals surface area contributed by atoms with Crippen molar-refractivity contribution in [3.8, 4) is 0 Å². The fourth-order valence-electron chi connectivity index (χ4n) is 3.86. The smallest absolute Gasteiger partial charge is 0.211 e. The number of aliphatic hydroxyl groups is 1. The minimum Gasteiger partial charge on any atom is -0.453 e. The second-order valence-electron chi connectivity index (χ2n) is 6.33. The lowest BCUT2D eigenvalue weighted by Crippen LogP contribution is -2.30. The predicted molar refractivity (Wildman–Crippen MR) is 79.2 cm³/mol. The molecular formula is C17H19NO3. The lowest BCUT2D eigenvalue weighted by atomic mass is 10.00. The molecule has 2 aliphatic rings. The van der Waals surface area contributed by atoms with Gasteiger partial charge in [0, 0.05) is 24.4 Å². The molecule has 1 saturated carbocycles. The van der Waals surface area contributed by atoms with Crippen molar-refractivity contribution >= 4 is 16.8 Å². The Bertz CT molecular complexity index is 644. The van der Waals surface area contributed by atoms with Crippen molar-refractivity contribution in [2.75, 3.05) is 19.6 Å². The fourth-order valence-corrected chi connectivity index (χ4v) is 3.86. The first-order valence-corrected chi connectivity index (χ1v) is 7.63. The van der Waals surface area contributed by atoms with E-state index in [-0.39, 0.29) is 11.9 Å². The highest BCUT2D eigenvalue weighted by Gasteiger charge is 2.42. The molecule has 1 aromatic heterocycles. The Kier molecular flexibility index (Phi) is 3.08. The van der Waals surface area contributed by atoms with Crippen molar-refractivity contribution in [1.82, 2.24) is 4.90 Å². The van der Waals surface area contributed by atoms with Crippen LogP contribution in [-0.2, 0) is 0 Å². The van der Waals surface area contributed by atoms with Crippen molar-refractivity contribution < 1.29 is 14.3 Å². The minimum atomic E-state index is -0.179. The highest BCUT2D eigenvalue weighted by molar-refractivity contribution is 5.98. The van der Waals surface area contributed by atoms with E-state index in [0.717, 1.165) is 36.9 Å². The van der Waals surface area contributed by atoms with Gasteiger partial charge in [-0.05, 0) is 30.9 Å². The topological polar surface area (TPSA) is 53.7 Å². The van der Waals surface area contributed by atoms with Gasteiger partial charge in [-0.2, -0.15) is 0 Å². The first-order valence-electron chi connectivity index (χ1n) is 7.63. The van der Waals surface area contributed by atoms with Crippen LogP contribution in [0.5, 0.6) is 0 Å². The summed E-state index contributed by atoms with van der Waals surface area (Å²) >= 11 is 0. The SMILES string of the molecule is O=C(CN1CC2CCC(O)C2C1)c1cc2ccccc2o1. The lowest BCUT2D eigenvalue weighted by Gasteiger charge is -2.16. The molecule has 4 heteroatoms. The molecule has 0 radical (unpaired) electrons. The molecule has 3 atom stereocenters. The maximum Gasteiger partial charge on any atom is 0.211 e. The number of aliphatic hydroxyl groups excluding tert-OH is 1. The number of rotatable bonds is 3. The summed E-state index contributed by atoms with van der Waals surface area (Å²) in [6, 6.07) is 9.50. The van der Waals surface area contributed by atoms with Gasteiger partial charge in [-0.3, -0.25) is 9.69 Å². The van der Waals surface area contributed by atoms with Crippen LogP contribution >= 0.6 is 0 Å². The highest BCUT2D eigenvalue weighted by atomic mass is 16.3. The Balaban J connectivity index is 1.46. The number of hydrogen-bond donors (Lipinski definition) is 1. The number of Topliss-reactive ketones (excluding diaryl/α,β-unsaturated/α-hetero) is 1. The highest BCUT2D eigenvalue weighted by Crippen LogP contribution is 2.38. The van der Waals surface area contributed by atoms with Gasteiger partial charge in [-0.25, -0.2) is 0 Å². The van der Waals surface area contributed by atoms with Crippen molar-refractivity contribution in [1.29, 1.82) is 0 Å². The van der Waals surface area contributed by atoms with E-state index in [0.29, 0.717) is 24.1 Å². The number of benzene rings is 1. The second-order valence-corrected chi connectivity index (χ2v) is 6.33. The zero-order chi connectivity index (χ0) is 14.4. The van der Waals surface area contributed by atoms with Crippen LogP contribution in [0.2, 0.25) is 0 Å². The van der Waals surface area contributed by atoms with Gasteiger partial charge in [0.15, 0.2) is 5.76 Å². The molecule has 4 rings (SSSR count). The number of ketones is 1. The molecule has 110 valence electrons. The van der Waals surface area contributed by atoms with Gasteiger partial charge >= 0.3 is 0 Å². The van der Waals surface area contributed by atoms with E-state index in [2.05, 4.69) is 4.90 Å². The lowest BCUT2D eigenvalue weighted by molar-refractivity contribution is 0.0896. The largest absolute Gasteiger partial charge is 0.453 e. The molecule has 0 amide bonds. The molecule has 4 nitrogen and oxygen atoms in total. The summed E-state index contributed by atoms with van der Waals surface area (Å²) in [7, 11) is 0. The summed E-state index contributed by atoms with van der Waals surface area (Å²) < 4.78 is 5.63. The zero-order valence-corrected chi connectivity index (χ0v) is 11.9. The summed E-state index contributed by atoms with van der Waals surface area (Å²) in [4.78, 5) is 14.5. The van der Waals surface area contributed by atoms with Crippen LogP contribution in [0.25, 0.3) is 11.0 Å². The van der Waals surface area contributed by atoms with Crippen LogP contribution in [0.15, 0.2) is 34.7 Å². The maximum absolute atomic E-state index is 12.4. The number of fused-ring (bicyclic) bond motifs is 2. The molecule has 2 aromatic rings. The van der Waals surface area contributed by atoms with E-state index in [9.17, 15) is 9.90 Å². The standard InChI is InChI=1S/C17H19NO3/c19-14-6-5-12-8-18(9-13(12)14)10-15(20)17-7-11-3-1-2-4-16(11)21-17/h1-4,7,12-14,19H,5-6,8-10H2. The van der Waals surface area contributed by atoms with E-state index in [1.807, 2.05) is 30.3 Å². The monoisotopic (exact) mass is 285 g/mol. The molecular weight excluding hydrogens is 266 g/mol. The van der Waals surface area contributed by atoms with Crippen LogP contribution in [0.4, 0.5) is 0 Å². The van der Waals surface area contributed by atoms with Gasteiger partial charge in [0.25, 0.3) is 0 Å². The van der Waals surface area contributed by atoms with Gasteiger partial charge in [-0.1, -0.05) is 18.2 Å². The summed E-state index contributed by atoms with van der Waals surface area (Å²) in [6.07, 6.45) is 1.82. The fraction of sp³-hybridized carbons (Fsp3) is 0.471. The molecule has 1 saturated heterocycles. The van der Waals surface area contributed by atoms with Crippen LogP contribution in [0, 0.1) is 11.8 Å². The molecule has 3 unspecified atom stereocenters. The first kappa shape index (κ1) is 13.0. The quantitative estimate of drug-likeness (QED) is 0.879. The molecule has 1 N–H and O–H groups in total. The number of hydrogen-bond acceptors (Lipinski definition) is 4. The number of likely N-dealkylation sites (tertiary alicyclic amines) is 1. The minimum absolute atomic E-state index is 0.0284. The number of carbonyl (C=O) groups excluding carboxylic acids is 1. The second kappa shape index (κ2) is 4.97. The number of furan rings is 1. The van der Waals surface area contributed by atoms with Crippen molar-refractivity contribution in [3.05, 3.63) is 36.1 Å². The molecule has 0 bridgehead atoms. The zero-order valence-electron chi connectivity index (χ0n) is 11.9. The third-order valence-electron chi connectivity index (χ3n) is 4.96. The van der Waals surface area contributed by atoms with E-state index in [1.165, 1.54) is 0 Å². The summed E-state index contributed by atoms with van der Waals surface area (Å²) in [5.41, 5.74) is 0.759. The van der Waals surface area contributed by atoms with Crippen LogP contribution in [0.3, 0.4) is 0 Å². The first-order chi connectivity index (χ1) is 10.2. The average molecular weight is 285 g/mol. The van der Waals surface area contributed by atoms with Gasteiger partial charge in [0.2, 0.25) is 5.78 Å². The Morgan fingerprint density at radius 3 is 2.95 bits per heavy atom. The van der Waals surface area contributed by atoms with Gasteiger partial charge in [0.05, 0.1) is 12.6 Å². The maximum atomic E-state index is 12.4. The van der Waals surface area contributed by atoms with E-state index < -0.39 is 0 Å². The molecule has 1 aliphatic carbocycles. The molecule has 0 spiro atoms. The summed E-state index contributed by atoms with van der Waals surface area (Å²) in [5, 5.41) is 10.9. The number of para-hydroxylation sites is 1. The Morgan fingerprint density at radius 1 is 1.29 bits per heavy atom. The third kappa shape index (κ3) is 2.28. The van der Waals surface area contributed by atoms with Gasteiger partial charge < -0.3 is 9.52 Å². The average Bonchev–Trinajstić information content (AvgIpc) is 3.14. The Morgan fingerprint density at radius 2 is 2.14 bits per heavy atom. The molecule has 1 aliphatic heterocycles. The van der Waals surface area contributed by atoms with Crippen molar-refractivity contribution in [2.24, 2.45) is 11.8 Å². The van der Waals surface area contributed by atoms with E-state index >= 15 is 0 Å². The van der Waals surface area contributed by atoms with E-state index in [4.69, 9.17) is 4.42 Å². The van der Waals surface area contributed by atoms with Crippen LogP contribution in [0.1, 0.15) is 23.4 Å². The third-order valence-corrected chi connectivity index (χ3v) is 4.96. The molecule has 2 fully saturated rings. The van der Waals surface area contributed by atoms with E-state index in [1.54, 1.807) is 0 Å². The number of carbonyl (C=O) groups is 1. The van der Waals surface area contributed by atoms with Gasteiger partial charge in [-0.15, -0.1) is 0 Å². The molecule has 2 heterocycles. The summed E-state index contributed by atoms with van der Waals surface area (Å²) in [6.45, 7) is 2.14. The van der Waals surface area contributed by atoms with Crippen LogP contribution in [-0.4, -0.2) is 41.5 Å². The Hall–Kier alpha value is -1.65. The van der Waals surface area contributed by atoms with Crippen molar-refractivity contribution in [3.63, 3.8) is 0 Å². The van der Waals surface area contributed by atoms with Crippen molar-refractivity contribution in [2.45, 2.75) is 18.9 Å². The normalized spacial score (nSPS) is 29.1. The summed E-state index contributed by atoms with van der Waals surface area (Å²) in [5.74, 6) is 1.38.